The topological polar surface area (TPSA) is 53.0 Å². The van der Waals surface area contributed by atoms with Crippen LogP contribution in [-0.4, -0.2) is 23.0 Å². The highest BCUT2D eigenvalue weighted by Crippen LogP contribution is 2.49. The molecule has 2 N–H and O–H groups in total. The van der Waals surface area contributed by atoms with E-state index in [4.69, 9.17) is 11.0 Å². The normalized spacial score (nSPS) is 35.1. The van der Waals surface area contributed by atoms with E-state index in [0.717, 1.165) is 24.5 Å². The van der Waals surface area contributed by atoms with Gasteiger partial charge in [-0.1, -0.05) is 26.8 Å². The van der Waals surface area contributed by atoms with E-state index in [1.807, 2.05) is 0 Å². The molecule has 0 spiro atoms. The van der Waals surface area contributed by atoms with Crippen LogP contribution in [0.4, 0.5) is 0 Å². The van der Waals surface area contributed by atoms with Crippen LogP contribution in [0.25, 0.3) is 0 Å². The van der Waals surface area contributed by atoms with Crippen LogP contribution in [0.15, 0.2) is 12.3 Å². The fraction of sp³-hybridized carbons (Fsp3) is 0.769. The van der Waals surface area contributed by atoms with Gasteiger partial charge >= 0.3 is 0 Å². The highest BCUT2D eigenvalue weighted by molar-refractivity contribution is 5.22. The molecule has 0 radical (unpaired) electrons. The number of rotatable bonds is 4. The quantitative estimate of drug-likeness (QED) is 0.785. The third kappa shape index (κ3) is 1.72. The molecule has 1 saturated carbocycles. The Kier molecular flexibility index (Phi) is 2.94. The minimum absolute atomic E-state index is 0.000185. The number of hydrogen-bond acceptors (Lipinski definition) is 3. The van der Waals surface area contributed by atoms with Crippen molar-refractivity contribution in [2.75, 3.05) is 0 Å². The van der Waals surface area contributed by atoms with Crippen molar-refractivity contribution in [3.63, 3.8) is 0 Å². The van der Waals surface area contributed by atoms with Gasteiger partial charge in [-0.15, -0.1) is 0 Å². The Morgan fingerprint density at radius 2 is 2.31 bits per heavy atom. The Hall–Kier alpha value is -1.01. The van der Waals surface area contributed by atoms with Gasteiger partial charge in [-0.3, -0.25) is 0 Å². The van der Waals surface area contributed by atoms with Crippen LogP contribution in [0.1, 0.15) is 33.1 Å². The summed E-state index contributed by atoms with van der Waals surface area (Å²) >= 11 is 0. The summed E-state index contributed by atoms with van der Waals surface area (Å²) in [4.78, 5) is 2.20. The summed E-state index contributed by atoms with van der Waals surface area (Å²) in [6, 6.07) is 2.96. The van der Waals surface area contributed by atoms with Crippen LogP contribution in [0.5, 0.6) is 0 Å². The number of fused-ring (bicyclic) bond motifs is 1. The molecule has 2 unspecified atom stereocenters. The first-order valence-electron chi connectivity index (χ1n) is 6.22. The lowest BCUT2D eigenvalue weighted by molar-refractivity contribution is 0.284. The lowest BCUT2D eigenvalue weighted by Gasteiger charge is -2.32. The number of hydrogen-bond donors (Lipinski definition) is 1. The predicted molar refractivity (Wildman–Crippen MR) is 64.3 cm³/mol. The summed E-state index contributed by atoms with van der Waals surface area (Å²) < 4.78 is 0. The van der Waals surface area contributed by atoms with Crippen molar-refractivity contribution in [3.8, 4) is 6.07 Å². The van der Waals surface area contributed by atoms with Crippen LogP contribution in [0.3, 0.4) is 0 Å². The van der Waals surface area contributed by atoms with Gasteiger partial charge in [-0.2, -0.15) is 5.26 Å². The van der Waals surface area contributed by atoms with Crippen molar-refractivity contribution in [1.82, 2.24) is 4.90 Å². The first-order valence-corrected chi connectivity index (χ1v) is 6.22. The summed E-state index contributed by atoms with van der Waals surface area (Å²) in [6.45, 7) is 8.42. The molecule has 2 aliphatic rings. The fourth-order valence-corrected chi connectivity index (χ4v) is 2.74. The Labute approximate surface area is 97.9 Å². The van der Waals surface area contributed by atoms with Crippen molar-refractivity contribution in [1.29, 1.82) is 5.26 Å². The van der Waals surface area contributed by atoms with E-state index in [1.165, 1.54) is 6.42 Å². The van der Waals surface area contributed by atoms with Gasteiger partial charge in [0.2, 0.25) is 0 Å². The summed E-state index contributed by atoms with van der Waals surface area (Å²) in [5.41, 5.74) is 7.18. The Morgan fingerprint density at radius 3 is 2.88 bits per heavy atom. The average molecular weight is 219 g/mol. The molecule has 0 aromatic rings. The lowest BCUT2D eigenvalue weighted by Crippen LogP contribution is -2.42. The standard InChI is InChI=1S/C13H21N3/c1-4-8(2)13(15)9(3)16-11(7-14)5-10-6-12(10)16/h8,10-13H,3-6,15H2,1-2H3/t8?,10-,11+,12+,13?/m1/s1. The van der Waals surface area contributed by atoms with Gasteiger partial charge in [0.1, 0.15) is 6.04 Å². The van der Waals surface area contributed by atoms with Crippen LogP contribution < -0.4 is 5.73 Å². The molecule has 0 amide bonds. The van der Waals surface area contributed by atoms with E-state index in [0.29, 0.717) is 12.0 Å². The third-order valence-electron chi connectivity index (χ3n) is 4.23. The number of piperidine rings is 1. The van der Waals surface area contributed by atoms with E-state index in [-0.39, 0.29) is 12.1 Å². The highest BCUT2D eigenvalue weighted by atomic mass is 15.3. The zero-order valence-electron chi connectivity index (χ0n) is 10.2. The van der Waals surface area contributed by atoms with Gasteiger partial charge in [0, 0.05) is 17.8 Å². The second kappa shape index (κ2) is 4.10. The number of nitriles is 1. The number of likely N-dealkylation sites (tertiary alicyclic amines) is 1. The van der Waals surface area contributed by atoms with Crippen LogP contribution in [-0.2, 0) is 0 Å². The van der Waals surface area contributed by atoms with Crippen molar-refractivity contribution in [2.45, 2.75) is 51.2 Å². The van der Waals surface area contributed by atoms with E-state index in [2.05, 4.69) is 31.4 Å². The smallest absolute Gasteiger partial charge is 0.117 e. The Bertz CT molecular complexity index is 331. The second-order valence-electron chi connectivity index (χ2n) is 5.25. The Balaban J connectivity index is 2.06. The molecule has 16 heavy (non-hydrogen) atoms. The lowest BCUT2D eigenvalue weighted by atomic mass is 9.96. The van der Waals surface area contributed by atoms with Gasteiger partial charge in [0.05, 0.1) is 6.07 Å². The van der Waals surface area contributed by atoms with Crippen molar-refractivity contribution in [3.05, 3.63) is 12.3 Å². The van der Waals surface area contributed by atoms with E-state index >= 15 is 0 Å². The highest BCUT2D eigenvalue weighted by Gasteiger charge is 2.53. The maximum Gasteiger partial charge on any atom is 0.117 e. The first kappa shape index (κ1) is 11.5. The third-order valence-corrected chi connectivity index (χ3v) is 4.23. The second-order valence-corrected chi connectivity index (χ2v) is 5.25. The van der Waals surface area contributed by atoms with Crippen molar-refractivity contribution >= 4 is 0 Å². The zero-order chi connectivity index (χ0) is 11.9. The SMILES string of the molecule is C=C(C(N)C(C)CC)N1[C@H](C#N)C[C@@H]2C[C@@H]21. The number of nitrogens with zero attached hydrogens (tertiary/aromatic N) is 2. The largest absolute Gasteiger partial charge is 0.355 e. The summed E-state index contributed by atoms with van der Waals surface area (Å²) in [5, 5.41) is 9.13. The molecule has 88 valence electrons. The van der Waals surface area contributed by atoms with Crippen LogP contribution in [0.2, 0.25) is 0 Å². The maximum atomic E-state index is 9.13. The van der Waals surface area contributed by atoms with E-state index in [1.54, 1.807) is 0 Å². The monoisotopic (exact) mass is 219 g/mol. The summed E-state index contributed by atoms with van der Waals surface area (Å²) in [7, 11) is 0. The van der Waals surface area contributed by atoms with Gasteiger partial charge in [0.25, 0.3) is 0 Å². The van der Waals surface area contributed by atoms with Crippen molar-refractivity contribution < 1.29 is 0 Å². The van der Waals surface area contributed by atoms with Gasteiger partial charge in [-0.05, 0) is 24.7 Å². The molecule has 1 saturated heterocycles. The molecular formula is C13H21N3. The molecule has 3 heteroatoms. The minimum Gasteiger partial charge on any atom is -0.355 e. The van der Waals surface area contributed by atoms with Crippen molar-refractivity contribution in [2.24, 2.45) is 17.6 Å². The molecule has 1 aliphatic carbocycles. The molecule has 0 bridgehead atoms. The van der Waals surface area contributed by atoms with E-state index in [9.17, 15) is 0 Å². The summed E-state index contributed by atoms with van der Waals surface area (Å²) in [6.07, 6.45) is 3.29. The van der Waals surface area contributed by atoms with Gasteiger partial charge in [-0.25, -0.2) is 0 Å². The molecule has 2 fully saturated rings. The molecule has 3 nitrogen and oxygen atoms in total. The van der Waals surface area contributed by atoms with Crippen LogP contribution in [0, 0.1) is 23.2 Å². The molecule has 0 aromatic heterocycles. The predicted octanol–water partition coefficient (Wildman–Crippen LogP) is 1.86. The Morgan fingerprint density at radius 1 is 1.62 bits per heavy atom. The molecule has 2 rings (SSSR count). The maximum absolute atomic E-state index is 9.13. The van der Waals surface area contributed by atoms with Gasteiger partial charge in [0.15, 0.2) is 0 Å². The molecule has 0 aromatic carbocycles. The molecule has 1 aliphatic heterocycles. The minimum atomic E-state index is 0.000185. The van der Waals surface area contributed by atoms with Crippen LogP contribution >= 0.6 is 0 Å². The number of nitrogens with two attached hydrogens (primary N) is 1. The van der Waals surface area contributed by atoms with E-state index < -0.39 is 0 Å². The fourth-order valence-electron chi connectivity index (χ4n) is 2.74. The average Bonchev–Trinajstić information content (AvgIpc) is 2.97. The molecule has 1 heterocycles. The summed E-state index contributed by atoms with van der Waals surface area (Å²) in [5.74, 6) is 1.16. The zero-order valence-corrected chi connectivity index (χ0v) is 10.2. The first-order chi connectivity index (χ1) is 7.60. The molecular weight excluding hydrogens is 198 g/mol. The molecule has 5 atom stereocenters. The van der Waals surface area contributed by atoms with Gasteiger partial charge < -0.3 is 10.6 Å².